The van der Waals surface area contributed by atoms with Crippen LogP contribution in [0.3, 0.4) is 0 Å². The third kappa shape index (κ3) is 1.70. The average molecular weight is 254 g/mol. The predicted molar refractivity (Wildman–Crippen MR) is 60.9 cm³/mol. The van der Waals surface area contributed by atoms with E-state index < -0.39 is 24.7 Å². The number of hydrogen-bond donors (Lipinski definition) is 4. The van der Waals surface area contributed by atoms with Gasteiger partial charge in [-0.2, -0.15) is 0 Å². The number of anilines is 1. The first-order valence-corrected chi connectivity index (χ1v) is 5.68. The van der Waals surface area contributed by atoms with Gasteiger partial charge < -0.3 is 25.4 Å². The van der Waals surface area contributed by atoms with Crippen molar-refractivity contribution in [2.45, 2.75) is 31.1 Å². The van der Waals surface area contributed by atoms with E-state index in [0.29, 0.717) is 17.9 Å². The molecule has 0 spiro atoms. The Morgan fingerprint density at radius 1 is 1.50 bits per heavy atom. The van der Waals surface area contributed by atoms with Crippen LogP contribution in [0.1, 0.15) is 24.6 Å². The maximum atomic E-state index is 9.70. The van der Waals surface area contributed by atoms with Crippen LogP contribution in [0.2, 0.25) is 0 Å². The van der Waals surface area contributed by atoms with Crippen molar-refractivity contribution in [2.24, 2.45) is 4.99 Å². The second kappa shape index (κ2) is 4.32. The number of aliphatic imine (C=N–C) groups is 1. The van der Waals surface area contributed by atoms with Gasteiger partial charge in [0, 0.05) is 6.42 Å². The second-order valence-electron chi connectivity index (χ2n) is 4.30. The van der Waals surface area contributed by atoms with Gasteiger partial charge in [-0.05, 0) is 0 Å². The molecule has 0 saturated carbocycles. The summed E-state index contributed by atoms with van der Waals surface area (Å²) in [6.07, 6.45) is 0.577. The van der Waals surface area contributed by atoms with Gasteiger partial charge in [-0.1, -0.05) is 0 Å². The minimum absolute atomic E-state index is 0.230. The number of nitrogens with zero attached hydrogens (tertiary/aromatic N) is 3. The van der Waals surface area contributed by atoms with Crippen LogP contribution in [-0.2, 0) is 4.74 Å². The molecule has 1 saturated heterocycles. The van der Waals surface area contributed by atoms with E-state index in [4.69, 9.17) is 9.84 Å². The van der Waals surface area contributed by atoms with Crippen LogP contribution in [0.25, 0.3) is 0 Å². The van der Waals surface area contributed by atoms with E-state index in [1.807, 2.05) is 0 Å². The summed E-state index contributed by atoms with van der Waals surface area (Å²) in [6, 6.07) is 0. The number of imidazole rings is 1. The third-order valence-electron chi connectivity index (χ3n) is 3.18. The summed E-state index contributed by atoms with van der Waals surface area (Å²) in [5.41, 5.74) is 0.419. The number of hydrogen-bond acceptors (Lipinski definition) is 7. The molecule has 8 heteroatoms. The van der Waals surface area contributed by atoms with Crippen LogP contribution in [0, 0.1) is 0 Å². The lowest BCUT2D eigenvalue weighted by atomic mass is 10.2. The molecule has 2 aliphatic heterocycles. The van der Waals surface area contributed by atoms with Gasteiger partial charge in [0.25, 0.3) is 0 Å². The number of fused-ring (bicyclic) bond motifs is 1. The van der Waals surface area contributed by atoms with E-state index in [1.165, 1.54) is 12.7 Å². The number of nitrogens with one attached hydrogen (secondary N) is 1. The summed E-state index contributed by atoms with van der Waals surface area (Å²) in [6.45, 7) is -0.230. The summed E-state index contributed by atoms with van der Waals surface area (Å²) >= 11 is 0. The van der Waals surface area contributed by atoms with Crippen LogP contribution in [0.15, 0.2) is 11.3 Å². The molecule has 0 radical (unpaired) electrons. The van der Waals surface area contributed by atoms with Crippen LogP contribution >= 0.6 is 0 Å². The third-order valence-corrected chi connectivity index (χ3v) is 3.18. The Morgan fingerprint density at radius 3 is 3.06 bits per heavy atom. The van der Waals surface area contributed by atoms with Crippen molar-refractivity contribution in [2.75, 3.05) is 11.9 Å². The summed E-state index contributed by atoms with van der Waals surface area (Å²) < 4.78 is 7.21. The van der Waals surface area contributed by atoms with E-state index in [9.17, 15) is 10.2 Å². The average Bonchev–Trinajstić information content (AvgIpc) is 2.93. The standard InChI is InChI=1S/C10H14N4O4/c15-2-6-5(16)1-7(18-6)14-4-13-8-9(14)11-3-12-10(8)17/h3-7,10,15-17H,1-2H2,(H,11,12)/t5-,6+,7+,10?/m0/s1. The summed E-state index contributed by atoms with van der Waals surface area (Å²) in [7, 11) is 0. The summed E-state index contributed by atoms with van der Waals surface area (Å²) in [5, 5.41) is 31.3. The van der Waals surface area contributed by atoms with Crippen LogP contribution in [-0.4, -0.2) is 50.0 Å². The van der Waals surface area contributed by atoms with Gasteiger partial charge >= 0.3 is 0 Å². The first kappa shape index (κ1) is 11.6. The molecule has 4 N–H and O–H groups in total. The maximum absolute atomic E-state index is 9.70. The van der Waals surface area contributed by atoms with Gasteiger partial charge in [-0.25, -0.2) is 9.98 Å². The van der Waals surface area contributed by atoms with E-state index in [2.05, 4.69) is 15.3 Å². The fourth-order valence-corrected chi connectivity index (χ4v) is 2.22. The Labute approximate surface area is 103 Å². The number of aliphatic hydroxyl groups excluding tert-OH is 3. The lowest BCUT2D eigenvalue weighted by molar-refractivity contribution is -0.0437. The molecule has 98 valence electrons. The fourth-order valence-electron chi connectivity index (χ4n) is 2.22. The zero-order valence-corrected chi connectivity index (χ0v) is 9.47. The molecule has 1 aromatic rings. The number of rotatable bonds is 2. The highest BCUT2D eigenvalue weighted by Gasteiger charge is 2.36. The van der Waals surface area contributed by atoms with Crippen molar-refractivity contribution in [1.82, 2.24) is 9.55 Å². The monoisotopic (exact) mass is 254 g/mol. The molecule has 1 fully saturated rings. The molecule has 8 nitrogen and oxygen atoms in total. The zero-order valence-electron chi connectivity index (χ0n) is 9.47. The van der Waals surface area contributed by atoms with Crippen molar-refractivity contribution < 1.29 is 20.1 Å². The van der Waals surface area contributed by atoms with E-state index in [0.717, 1.165) is 0 Å². The van der Waals surface area contributed by atoms with Crippen LogP contribution in [0.4, 0.5) is 5.82 Å². The largest absolute Gasteiger partial charge is 0.394 e. The highest BCUT2D eigenvalue weighted by molar-refractivity contribution is 5.77. The Bertz CT molecular complexity index is 474. The molecule has 3 rings (SSSR count). The smallest absolute Gasteiger partial charge is 0.193 e. The van der Waals surface area contributed by atoms with Crippen molar-refractivity contribution in [3.8, 4) is 0 Å². The van der Waals surface area contributed by atoms with Crippen molar-refractivity contribution in [3.63, 3.8) is 0 Å². The Morgan fingerprint density at radius 2 is 2.33 bits per heavy atom. The van der Waals surface area contributed by atoms with Gasteiger partial charge in [-0.15, -0.1) is 0 Å². The molecular weight excluding hydrogens is 240 g/mol. The number of aromatic nitrogens is 2. The van der Waals surface area contributed by atoms with Gasteiger partial charge in [0.05, 0.1) is 25.4 Å². The normalized spacial score (nSPS) is 34.4. The minimum Gasteiger partial charge on any atom is -0.394 e. The molecule has 2 aliphatic rings. The zero-order chi connectivity index (χ0) is 12.7. The van der Waals surface area contributed by atoms with Gasteiger partial charge in [-0.3, -0.25) is 4.57 Å². The van der Waals surface area contributed by atoms with Crippen LogP contribution < -0.4 is 5.32 Å². The molecule has 1 unspecified atom stereocenters. The van der Waals surface area contributed by atoms with Gasteiger partial charge in [0.1, 0.15) is 23.8 Å². The topological polar surface area (TPSA) is 112 Å². The van der Waals surface area contributed by atoms with Crippen molar-refractivity contribution in [1.29, 1.82) is 0 Å². The second-order valence-corrected chi connectivity index (χ2v) is 4.30. The molecule has 0 aliphatic carbocycles. The molecule has 4 atom stereocenters. The molecule has 0 bridgehead atoms. The fraction of sp³-hybridized carbons (Fsp3) is 0.600. The maximum Gasteiger partial charge on any atom is 0.193 e. The lowest BCUT2D eigenvalue weighted by Gasteiger charge is -2.18. The van der Waals surface area contributed by atoms with Crippen molar-refractivity contribution >= 4 is 12.2 Å². The molecule has 3 heterocycles. The number of aliphatic hydroxyl groups is 3. The molecule has 0 aromatic carbocycles. The van der Waals surface area contributed by atoms with Crippen LogP contribution in [0.5, 0.6) is 0 Å². The lowest BCUT2D eigenvalue weighted by Crippen LogP contribution is -2.24. The summed E-state index contributed by atoms with van der Waals surface area (Å²) in [4.78, 5) is 7.84. The van der Waals surface area contributed by atoms with E-state index >= 15 is 0 Å². The van der Waals surface area contributed by atoms with Gasteiger partial charge in [0.15, 0.2) is 6.23 Å². The highest BCUT2D eigenvalue weighted by Crippen LogP contribution is 2.34. The van der Waals surface area contributed by atoms with E-state index in [1.54, 1.807) is 4.57 Å². The Kier molecular flexibility index (Phi) is 2.78. The molecule has 1 aromatic heterocycles. The predicted octanol–water partition coefficient (Wildman–Crippen LogP) is -1.03. The minimum atomic E-state index is -0.984. The van der Waals surface area contributed by atoms with E-state index in [-0.39, 0.29) is 6.61 Å². The quantitative estimate of drug-likeness (QED) is 0.537. The Hall–Kier alpha value is -1.48. The Balaban J connectivity index is 1.87. The molecular formula is C10H14N4O4. The molecule has 0 amide bonds. The first-order valence-electron chi connectivity index (χ1n) is 5.68. The van der Waals surface area contributed by atoms with Gasteiger partial charge in [0.2, 0.25) is 0 Å². The number of ether oxygens (including phenoxy) is 1. The first-order chi connectivity index (χ1) is 8.70. The molecule has 18 heavy (non-hydrogen) atoms. The van der Waals surface area contributed by atoms with Crippen molar-refractivity contribution in [3.05, 3.63) is 12.0 Å². The SMILES string of the molecule is OC[C@H]1O[C@@H](n2cnc3c2NC=NC3O)C[C@@H]1O. The summed E-state index contributed by atoms with van der Waals surface area (Å²) in [5.74, 6) is 0.591. The highest BCUT2D eigenvalue weighted by atomic mass is 16.5.